The van der Waals surface area contributed by atoms with Gasteiger partial charge in [-0.1, -0.05) is 24.3 Å². The molecule has 2 aromatic rings. The summed E-state index contributed by atoms with van der Waals surface area (Å²) in [4.78, 5) is 11.2. The Labute approximate surface area is 116 Å². The second-order valence-electron chi connectivity index (χ2n) is 4.82. The van der Waals surface area contributed by atoms with E-state index in [2.05, 4.69) is 17.6 Å². The fourth-order valence-electron chi connectivity index (χ4n) is 2.41. The SMILES string of the molecule is O=c1ccn(NC2CCOCc3ccccc32)cc1O. The lowest BCUT2D eigenvalue weighted by Crippen LogP contribution is -2.22. The molecule has 1 atom stereocenters. The summed E-state index contributed by atoms with van der Waals surface area (Å²) in [6.07, 6.45) is 3.82. The molecule has 1 unspecified atom stereocenters. The third-order valence-corrected chi connectivity index (χ3v) is 3.44. The first kappa shape index (κ1) is 12.7. The third kappa shape index (κ3) is 2.53. The Kier molecular flexibility index (Phi) is 3.43. The van der Waals surface area contributed by atoms with Crippen molar-refractivity contribution >= 4 is 0 Å². The maximum absolute atomic E-state index is 11.2. The van der Waals surface area contributed by atoms with E-state index in [1.165, 1.54) is 17.8 Å². The predicted molar refractivity (Wildman–Crippen MR) is 75.2 cm³/mol. The van der Waals surface area contributed by atoms with E-state index in [1.807, 2.05) is 12.1 Å². The fraction of sp³-hybridized carbons (Fsp3) is 0.267. The van der Waals surface area contributed by atoms with Crippen LogP contribution in [0.4, 0.5) is 0 Å². The van der Waals surface area contributed by atoms with E-state index >= 15 is 0 Å². The summed E-state index contributed by atoms with van der Waals surface area (Å²) in [6, 6.07) is 9.54. The number of pyridine rings is 1. The summed E-state index contributed by atoms with van der Waals surface area (Å²) >= 11 is 0. The van der Waals surface area contributed by atoms with Gasteiger partial charge in [0.1, 0.15) is 0 Å². The highest BCUT2D eigenvalue weighted by molar-refractivity contribution is 5.32. The molecule has 3 rings (SSSR count). The average molecular weight is 272 g/mol. The van der Waals surface area contributed by atoms with Gasteiger partial charge in [-0.25, -0.2) is 0 Å². The van der Waals surface area contributed by atoms with Crippen molar-refractivity contribution < 1.29 is 9.84 Å². The highest BCUT2D eigenvalue weighted by Crippen LogP contribution is 2.26. The smallest absolute Gasteiger partial charge is 0.223 e. The standard InChI is InChI=1S/C15H16N2O3/c18-14-5-7-17(9-15(14)19)16-13-6-8-20-10-11-3-1-2-4-12(11)13/h1-5,7,9,13,16,19H,6,8,10H2. The molecule has 0 saturated carbocycles. The van der Waals surface area contributed by atoms with Crippen molar-refractivity contribution in [3.05, 3.63) is 64.1 Å². The molecule has 104 valence electrons. The lowest BCUT2D eigenvalue weighted by molar-refractivity contribution is 0.122. The van der Waals surface area contributed by atoms with E-state index in [4.69, 9.17) is 4.74 Å². The van der Waals surface area contributed by atoms with Crippen molar-refractivity contribution in [3.8, 4) is 5.75 Å². The molecule has 5 nitrogen and oxygen atoms in total. The van der Waals surface area contributed by atoms with Crippen molar-refractivity contribution in [1.82, 2.24) is 4.68 Å². The minimum Gasteiger partial charge on any atom is -0.503 e. The molecule has 0 amide bonds. The number of aromatic nitrogens is 1. The molecule has 1 aromatic carbocycles. The van der Waals surface area contributed by atoms with Crippen molar-refractivity contribution in [1.29, 1.82) is 0 Å². The summed E-state index contributed by atoms with van der Waals surface area (Å²) in [5.74, 6) is -0.266. The number of aromatic hydroxyl groups is 1. The zero-order valence-corrected chi connectivity index (χ0v) is 11.0. The number of hydrogen-bond donors (Lipinski definition) is 2. The largest absolute Gasteiger partial charge is 0.503 e. The van der Waals surface area contributed by atoms with E-state index in [0.717, 1.165) is 12.0 Å². The van der Waals surface area contributed by atoms with Crippen molar-refractivity contribution in [3.63, 3.8) is 0 Å². The number of ether oxygens (including phenoxy) is 1. The average Bonchev–Trinajstić information content (AvgIpc) is 2.66. The van der Waals surface area contributed by atoms with Gasteiger partial charge in [0.25, 0.3) is 0 Å². The maximum atomic E-state index is 11.2. The van der Waals surface area contributed by atoms with Gasteiger partial charge < -0.3 is 15.3 Å². The summed E-state index contributed by atoms with van der Waals surface area (Å²) < 4.78 is 7.20. The van der Waals surface area contributed by atoms with Crippen molar-refractivity contribution in [2.45, 2.75) is 19.1 Å². The van der Waals surface area contributed by atoms with E-state index in [1.54, 1.807) is 10.9 Å². The first-order valence-electron chi connectivity index (χ1n) is 6.57. The molecule has 20 heavy (non-hydrogen) atoms. The van der Waals surface area contributed by atoms with Crippen LogP contribution >= 0.6 is 0 Å². The lowest BCUT2D eigenvalue weighted by atomic mass is 10.00. The highest BCUT2D eigenvalue weighted by Gasteiger charge is 2.18. The Hall–Kier alpha value is -2.27. The Bertz CT molecular complexity index is 666. The molecule has 0 saturated heterocycles. The van der Waals surface area contributed by atoms with E-state index in [-0.39, 0.29) is 17.2 Å². The molecule has 1 aliphatic rings. The van der Waals surface area contributed by atoms with Crippen LogP contribution < -0.4 is 10.9 Å². The second-order valence-corrected chi connectivity index (χ2v) is 4.82. The minimum atomic E-state index is -0.382. The van der Waals surface area contributed by atoms with Gasteiger partial charge in [0.05, 0.1) is 18.8 Å². The monoisotopic (exact) mass is 272 g/mol. The molecule has 0 radical (unpaired) electrons. The Morgan fingerprint density at radius 1 is 1.30 bits per heavy atom. The van der Waals surface area contributed by atoms with Gasteiger partial charge in [0.2, 0.25) is 5.43 Å². The van der Waals surface area contributed by atoms with Crippen LogP contribution in [0.3, 0.4) is 0 Å². The van der Waals surface area contributed by atoms with Gasteiger partial charge in [-0.2, -0.15) is 0 Å². The van der Waals surface area contributed by atoms with Crippen LogP contribution in [0, 0.1) is 0 Å². The molecule has 1 aromatic heterocycles. The van der Waals surface area contributed by atoms with E-state index in [9.17, 15) is 9.90 Å². The van der Waals surface area contributed by atoms with Gasteiger partial charge in [0, 0.05) is 18.9 Å². The molecular weight excluding hydrogens is 256 g/mol. The molecule has 0 aliphatic carbocycles. The lowest BCUT2D eigenvalue weighted by Gasteiger charge is -2.21. The number of hydrogen-bond acceptors (Lipinski definition) is 4. The molecule has 0 bridgehead atoms. The number of nitrogens with zero attached hydrogens (tertiary/aromatic N) is 1. The molecule has 0 fully saturated rings. The van der Waals surface area contributed by atoms with Crippen LogP contribution in [-0.2, 0) is 11.3 Å². The summed E-state index contributed by atoms with van der Waals surface area (Å²) in [5, 5.41) is 9.48. The molecule has 5 heteroatoms. The Morgan fingerprint density at radius 3 is 3.00 bits per heavy atom. The van der Waals surface area contributed by atoms with Crippen molar-refractivity contribution in [2.75, 3.05) is 12.0 Å². The number of benzene rings is 1. The zero-order chi connectivity index (χ0) is 13.9. The second kappa shape index (κ2) is 5.38. The Balaban J connectivity index is 1.90. The molecule has 0 spiro atoms. The maximum Gasteiger partial charge on any atom is 0.223 e. The molecule has 1 aliphatic heterocycles. The third-order valence-electron chi connectivity index (χ3n) is 3.44. The van der Waals surface area contributed by atoms with Crippen molar-refractivity contribution in [2.24, 2.45) is 0 Å². The van der Waals surface area contributed by atoms with Crippen LogP contribution in [-0.4, -0.2) is 16.4 Å². The summed E-state index contributed by atoms with van der Waals surface area (Å²) in [6.45, 7) is 1.28. The van der Waals surface area contributed by atoms with Gasteiger partial charge in [0.15, 0.2) is 5.75 Å². The fourth-order valence-corrected chi connectivity index (χ4v) is 2.41. The highest BCUT2D eigenvalue weighted by atomic mass is 16.5. The first-order valence-corrected chi connectivity index (χ1v) is 6.57. The van der Waals surface area contributed by atoms with Gasteiger partial charge >= 0.3 is 0 Å². The minimum absolute atomic E-state index is 0.0793. The number of rotatable bonds is 2. The van der Waals surface area contributed by atoms with E-state index < -0.39 is 0 Å². The topological polar surface area (TPSA) is 63.5 Å². The molecule has 2 N–H and O–H groups in total. The first-order chi connectivity index (χ1) is 9.74. The van der Waals surface area contributed by atoms with Crippen LogP contribution in [0.1, 0.15) is 23.6 Å². The zero-order valence-electron chi connectivity index (χ0n) is 11.0. The van der Waals surface area contributed by atoms with Crippen LogP contribution in [0.5, 0.6) is 5.75 Å². The molecule has 2 heterocycles. The normalized spacial score (nSPS) is 18.1. The van der Waals surface area contributed by atoms with Crippen LogP contribution in [0.25, 0.3) is 0 Å². The van der Waals surface area contributed by atoms with E-state index in [0.29, 0.717) is 13.2 Å². The predicted octanol–water partition coefficient (Wildman–Crippen LogP) is 1.76. The van der Waals surface area contributed by atoms with Gasteiger partial charge in [-0.3, -0.25) is 9.47 Å². The van der Waals surface area contributed by atoms with Crippen LogP contribution in [0.2, 0.25) is 0 Å². The molecular formula is C15H16N2O3. The Morgan fingerprint density at radius 2 is 2.15 bits per heavy atom. The number of fused-ring (bicyclic) bond motifs is 1. The summed E-state index contributed by atoms with van der Waals surface area (Å²) in [7, 11) is 0. The van der Waals surface area contributed by atoms with Gasteiger partial charge in [-0.15, -0.1) is 0 Å². The summed E-state index contributed by atoms with van der Waals surface area (Å²) in [5.41, 5.74) is 5.24. The van der Waals surface area contributed by atoms with Crippen LogP contribution in [0.15, 0.2) is 47.5 Å². The quantitative estimate of drug-likeness (QED) is 0.874. The number of nitrogens with one attached hydrogen (secondary N) is 1. The van der Waals surface area contributed by atoms with Gasteiger partial charge in [-0.05, 0) is 17.5 Å².